The number of hydrogen-bond acceptors (Lipinski definition) is 3. The Kier molecular flexibility index (Phi) is 3.89. The van der Waals surface area contributed by atoms with Crippen molar-refractivity contribution in [3.8, 4) is 0 Å². The molecule has 1 amide bonds. The molecule has 22 heavy (non-hydrogen) atoms. The maximum absolute atomic E-state index is 12.8. The van der Waals surface area contributed by atoms with E-state index in [0.717, 1.165) is 5.39 Å². The zero-order valence-corrected chi connectivity index (χ0v) is 12.1. The average molecular weight is 316 g/mol. The number of fused-ring (bicyclic) bond motifs is 1. The molecule has 0 aliphatic heterocycles. The summed E-state index contributed by atoms with van der Waals surface area (Å²) in [4.78, 5) is 16.2. The van der Waals surface area contributed by atoms with E-state index in [-0.39, 0.29) is 11.7 Å². The van der Waals surface area contributed by atoms with Crippen molar-refractivity contribution in [2.75, 3.05) is 5.43 Å². The Morgan fingerprint density at radius 3 is 2.64 bits per heavy atom. The Bertz CT molecular complexity index is 836. The highest BCUT2D eigenvalue weighted by Crippen LogP contribution is 2.23. The van der Waals surface area contributed by atoms with Crippen molar-refractivity contribution in [1.82, 2.24) is 10.4 Å². The smallest absolute Gasteiger partial charge is 0.269 e. The van der Waals surface area contributed by atoms with E-state index >= 15 is 0 Å². The fraction of sp³-hybridized carbons (Fsp3) is 0. The third-order valence-corrected chi connectivity index (χ3v) is 3.36. The van der Waals surface area contributed by atoms with Crippen LogP contribution in [0, 0.1) is 5.82 Å². The van der Waals surface area contributed by atoms with E-state index in [0.29, 0.717) is 21.8 Å². The zero-order chi connectivity index (χ0) is 15.5. The van der Waals surface area contributed by atoms with Gasteiger partial charge in [0.05, 0.1) is 11.2 Å². The lowest BCUT2D eigenvalue weighted by Crippen LogP contribution is -2.29. The molecule has 0 atom stereocenters. The second kappa shape index (κ2) is 5.99. The Labute approximate surface area is 130 Å². The predicted octanol–water partition coefficient (Wildman–Crippen LogP) is 3.78. The Morgan fingerprint density at radius 1 is 1.09 bits per heavy atom. The van der Waals surface area contributed by atoms with Crippen molar-refractivity contribution >= 4 is 34.1 Å². The molecule has 1 aromatic heterocycles. The minimum absolute atomic E-state index is 0.357. The van der Waals surface area contributed by atoms with Crippen LogP contribution in [-0.4, -0.2) is 10.9 Å². The van der Waals surface area contributed by atoms with Crippen LogP contribution in [0.4, 0.5) is 10.1 Å². The summed E-state index contributed by atoms with van der Waals surface area (Å²) < 4.78 is 12.8. The van der Waals surface area contributed by atoms with Crippen molar-refractivity contribution in [3.05, 3.63) is 71.1 Å². The molecule has 0 saturated carbocycles. The van der Waals surface area contributed by atoms with Crippen LogP contribution in [0.25, 0.3) is 10.9 Å². The zero-order valence-electron chi connectivity index (χ0n) is 11.3. The Morgan fingerprint density at radius 2 is 1.86 bits per heavy atom. The number of carbonyl (C=O) groups is 1. The highest BCUT2D eigenvalue weighted by atomic mass is 35.5. The highest BCUT2D eigenvalue weighted by molar-refractivity contribution is 6.31. The second-order valence-corrected chi connectivity index (χ2v) is 5.04. The van der Waals surface area contributed by atoms with Crippen LogP contribution in [0.2, 0.25) is 5.02 Å². The summed E-state index contributed by atoms with van der Waals surface area (Å²) in [7, 11) is 0. The largest absolute Gasteiger partial charge is 0.298 e. The maximum atomic E-state index is 12.8. The molecule has 0 aliphatic carbocycles. The molecule has 0 fully saturated rings. The van der Waals surface area contributed by atoms with Crippen molar-refractivity contribution in [3.63, 3.8) is 0 Å². The van der Waals surface area contributed by atoms with Gasteiger partial charge in [-0.3, -0.25) is 20.6 Å². The number of rotatable bonds is 3. The molecule has 3 rings (SSSR count). The summed E-state index contributed by atoms with van der Waals surface area (Å²) in [6.07, 6.45) is 1.62. The first-order chi connectivity index (χ1) is 10.6. The summed E-state index contributed by atoms with van der Waals surface area (Å²) in [5.41, 5.74) is 7.18. The second-order valence-electron chi connectivity index (χ2n) is 4.61. The quantitative estimate of drug-likeness (QED) is 0.723. The Balaban J connectivity index is 1.79. The number of hydrogen-bond donors (Lipinski definition) is 2. The maximum Gasteiger partial charge on any atom is 0.269 e. The first-order valence-electron chi connectivity index (χ1n) is 6.50. The number of hydrazine groups is 1. The number of anilines is 1. The summed E-state index contributed by atoms with van der Waals surface area (Å²) in [6, 6.07) is 12.3. The van der Waals surface area contributed by atoms with Crippen molar-refractivity contribution in [1.29, 1.82) is 0 Å². The van der Waals surface area contributed by atoms with E-state index in [1.54, 1.807) is 24.4 Å². The van der Waals surface area contributed by atoms with Gasteiger partial charge in [0, 0.05) is 22.2 Å². The lowest BCUT2D eigenvalue weighted by atomic mass is 10.2. The minimum atomic E-state index is -0.387. The van der Waals surface area contributed by atoms with Crippen LogP contribution >= 0.6 is 11.6 Å². The molecule has 2 N–H and O–H groups in total. The SMILES string of the molecule is O=C(NNc1ccnc2cc(Cl)ccc12)c1ccc(F)cc1. The third-order valence-electron chi connectivity index (χ3n) is 3.12. The van der Waals surface area contributed by atoms with E-state index in [9.17, 15) is 9.18 Å². The van der Waals surface area contributed by atoms with E-state index in [1.165, 1.54) is 24.3 Å². The minimum Gasteiger partial charge on any atom is -0.298 e. The normalized spacial score (nSPS) is 10.5. The molecule has 0 spiro atoms. The molecular formula is C16H11ClFN3O. The molecule has 3 aromatic rings. The van der Waals surface area contributed by atoms with E-state index < -0.39 is 0 Å². The van der Waals surface area contributed by atoms with Crippen LogP contribution in [-0.2, 0) is 0 Å². The Hall–Kier alpha value is -2.66. The van der Waals surface area contributed by atoms with Gasteiger partial charge in [-0.05, 0) is 48.5 Å². The molecule has 0 unspecified atom stereocenters. The number of pyridine rings is 1. The van der Waals surface area contributed by atoms with Gasteiger partial charge in [0.2, 0.25) is 0 Å². The molecule has 2 aromatic carbocycles. The summed E-state index contributed by atoms with van der Waals surface area (Å²) >= 11 is 5.93. The van der Waals surface area contributed by atoms with Crippen LogP contribution in [0.5, 0.6) is 0 Å². The monoisotopic (exact) mass is 315 g/mol. The van der Waals surface area contributed by atoms with Crippen LogP contribution in [0.3, 0.4) is 0 Å². The molecule has 1 heterocycles. The van der Waals surface area contributed by atoms with Gasteiger partial charge >= 0.3 is 0 Å². The van der Waals surface area contributed by atoms with Gasteiger partial charge in [0.1, 0.15) is 5.82 Å². The van der Waals surface area contributed by atoms with Crippen molar-refractivity contribution in [2.45, 2.75) is 0 Å². The number of nitrogens with zero attached hydrogens (tertiary/aromatic N) is 1. The van der Waals surface area contributed by atoms with Gasteiger partial charge in [-0.1, -0.05) is 11.6 Å². The standard InChI is InChI=1S/C16H11ClFN3O/c17-11-3-6-13-14(7-8-19-15(13)9-11)20-21-16(22)10-1-4-12(18)5-2-10/h1-9H,(H,19,20)(H,21,22). The molecule has 4 nitrogen and oxygen atoms in total. The highest BCUT2D eigenvalue weighted by Gasteiger charge is 2.07. The van der Waals surface area contributed by atoms with Crippen LogP contribution in [0.1, 0.15) is 10.4 Å². The first-order valence-corrected chi connectivity index (χ1v) is 6.87. The van der Waals surface area contributed by atoms with Crippen molar-refractivity contribution < 1.29 is 9.18 Å². The van der Waals surface area contributed by atoms with Gasteiger partial charge in [-0.25, -0.2) is 4.39 Å². The summed E-state index contributed by atoms with van der Waals surface area (Å²) in [6.45, 7) is 0. The molecular weight excluding hydrogens is 305 g/mol. The van der Waals surface area contributed by atoms with Gasteiger partial charge in [0.15, 0.2) is 0 Å². The third kappa shape index (κ3) is 2.99. The fourth-order valence-electron chi connectivity index (χ4n) is 2.03. The van der Waals surface area contributed by atoms with Gasteiger partial charge < -0.3 is 0 Å². The molecule has 0 saturated heterocycles. The topological polar surface area (TPSA) is 54.0 Å². The van der Waals surface area contributed by atoms with E-state index in [1.807, 2.05) is 6.07 Å². The average Bonchev–Trinajstić information content (AvgIpc) is 2.52. The molecule has 0 bridgehead atoms. The molecule has 6 heteroatoms. The number of carbonyl (C=O) groups excluding carboxylic acids is 1. The van der Waals surface area contributed by atoms with Gasteiger partial charge in [-0.15, -0.1) is 0 Å². The lowest BCUT2D eigenvalue weighted by Gasteiger charge is -2.11. The predicted molar refractivity (Wildman–Crippen MR) is 84.2 cm³/mol. The number of halogens is 2. The number of amides is 1. The van der Waals surface area contributed by atoms with Crippen LogP contribution < -0.4 is 10.9 Å². The number of aromatic nitrogens is 1. The first kappa shape index (κ1) is 14.3. The molecule has 0 aliphatic rings. The molecule has 0 radical (unpaired) electrons. The number of nitrogens with one attached hydrogen (secondary N) is 2. The van der Waals surface area contributed by atoms with Gasteiger partial charge in [0.25, 0.3) is 5.91 Å². The van der Waals surface area contributed by atoms with Crippen LogP contribution in [0.15, 0.2) is 54.7 Å². The fourth-order valence-corrected chi connectivity index (χ4v) is 2.19. The van der Waals surface area contributed by atoms with E-state index in [4.69, 9.17) is 11.6 Å². The number of benzene rings is 2. The van der Waals surface area contributed by atoms with Gasteiger partial charge in [-0.2, -0.15) is 0 Å². The summed E-state index contributed by atoms with van der Waals surface area (Å²) in [5.74, 6) is -0.750. The lowest BCUT2D eigenvalue weighted by molar-refractivity contribution is 0.0962. The summed E-state index contributed by atoms with van der Waals surface area (Å²) in [5, 5.41) is 1.42. The molecule has 110 valence electrons. The van der Waals surface area contributed by atoms with Crippen molar-refractivity contribution in [2.24, 2.45) is 0 Å². The van der Waals surface area contributed by atoms with E-state index in [2.05, 4.69) is 15.8 Å².